The SMILES string of the molecule is O=C(CCc1nc2ccccc2[nH]1)N1C[C@@H](CN2CCC(O)CC2)[C@@H](CO)C1. The van der Waals surface area contributed by atoms with E-state index in [-0.39, 0.29) is 24.5 Å². The van der Waals surface area contributed by atoms with Gasteiger partial charge in [0.15, 0.2) is 0 Å². The first kappa shape index (κ1) is 19.4. The Morgan fingerprint density at radius 1 is 1.18 bits per heavy atom. The lowest BCUT2D eigenvalue weighted by atomic mass is 9.95. The highest BCUT2D eigenvalue weighted by atomic mass is 16.3. The van der Waals surface area contributed by atoms with E-state index >= 15 is 0 Å². The molecule has 0 aliphatic carbocycles. The van der Waals surface area contributed by atoms with Crippen LogP contribution >= 0.6 is 0 Å². The van der Waals surface area contributed by atoms with Gasteiger partial charge in [-0.2, -0.15) is 0 Å². The van der Waals surface area contributed by atoms with Gasteiger partial charge in [0.1, 0.15) is 5.82 Å². The number of nitrogens with one attached hydrogen (secondary N) is 1. The molecule has 0 radical (unpaired) electrons. The van der Waals surface area contributed by atoms with E-state index in [0.29, 0.717) is 31.8 Å². The Labute approximate surface area is 165 Å². The first-order valence-electron chi connectivity index (χ1n) is 10.3. The first-order chi connectivity index (χ1) is 13.6. The van der Waals surface area contributed by atoms with Crippen LogP contribution < -0.4 is 0 Å². The summed E-state index contributed by atoms with van der Waals surface area (Å²) in [5.41, 5.74) is 1.93. The number of aromatic amines is 1. The maximum atomic E-state index is 12.7. The number of aromatic nitrogens is 2. The first-order valence-corrected chi connectivity index (χ1v) is 10.3. The number of benzene rings is 1. The molecule has 1 aromatic heterocycles. The summed E-state index contributed by atoms with van der Waals surface area (Å²) in [6.45, 7) is 4.16. The molecular formula is C21H30N4O3. The zero-order valence-electron chi connectivity index (χ0n) is 16.3. The molecule has 0 unspecified atom stereocenters. The number of hydrogen-bond acceptors (Lipinski definition) is 5. The van der Waals surface area contributed by atoms with E-state index in [1.807, 2.05) is 29.2 Å². The molecule has 7 heteroatoms. The predicted octanol–water partition coefficient (Wildman–Crippen LogP) is 1.02. The third-order valence-electron chi connectivity index (χ3n) is 6.23. The molecule has 2 atom stereocenters. The van der Waals surface area contributed by atoms with E-state index in [4.69, 9.17) is 0 Å². The van der Waals surface area contributed by atoms with Crippen LogP contribution in [0.3, 0.4) is 0 Å². The normalized spacial score (nSPS) is 24.3. The van der Waals surface area contributed by atoms with Gasteiger partial charge < -0.3 is 25.0 Å². The van der Waals surface area contributed by atoms with Crippen LogP contribution in [0.4, 0.5) is 0 Å². The minimum absolute atomic E-state index is 0.120. The zero-order chi connectivity index (χ0) is 19.5. The number of aliphatic hydroxyl groups is 2. The van der Waals surface area contributed by atoms with E-state index in [1.54, 1.807) is 0 Å². The summed E-state index contributed by atoms with van der Waals surface area (Å²) in [4.78, 5) is 24.8. The maximum absolute atomic E-state index is 12.7. The minimum atomic E-state index is -0.176. The molecule has 2 saturated heterocycles. The third kappa shape index (κ3) is 4.37. The Balaban J connectivity index is 1.30. The van der Waals surface area contributed by atoms with Crippen molar-refractivity contribution in [2.24, 2.45) is 11.8 Å². The van der Waals surface area contributed by atoms with Crippen molar-refractivity contribution in [1.29, 1.82) is 0 Å². The fourth-order valence-corrected chi connectivity index (χ4v) is 4.50. The van der Waals surface area contributed by atoms with Crippen molar-refractivity contribution in [1.82, 2.24) is 19.8 Å². The molecule has 2 aromatic rings. The van der Waals surface area contributed by atoms with Crippen LogP contribution in [-0.2, 0) is 11.2 Å². The van der Waals surface area contributed by atoms with Crippen molar-refractivity contribution in [3.8, 4) is 0 Å². The predicted molar refractivity (Wildman–Crippen MR) is 107 cm³/mol. The molecule has 1 aromatic carbocycles. The number of nitrogens with zero attached hydrogens (tertiary/aromatic N) is 3. The molecule has 7 nitrogen and oxygen atoms in total. The monoisotopic (exact) mass is 386 g/mol. The van der Waals surface area contributed by atoms with Gasteiger partial charge in [-0.05, 0) is 30.9 Å². The highest BCUT2D eigenvalue weighted by Crippen LogP contribution is 2.26. The quantitative estimate of drug-likeness (QED) is 0.689. The summed E-state index contributed by atoms with van der Waals surface area (Å²) >= 11 is 0. The number of piperidine rings is 1. The number of fused-ring (bicyclic) bond motifs is 1. The molecule has 152 valence electrons. The van der Waals surface area contributed by atoms with Crippen LogP contribution in [0.1, 0.15) is 25.1 Å². The van der Waals surface area contributed by atoms with Gasteiger partial charge in [0, 0.05) is 58.1 Å². The smallest absolute Gasteiger partial charge is 0.223 e. The highest BCUT2D eigenvalue weighted by Gasteiger charge is 2.36. The van der Waals surface area contributed by atoms with Gasteiger partial charge in [0.05, 0.1) is 17.1 Å². The molecule has 2 fully saturated rings. The van der Waals surface area contributed by atoms with Gasteiger partial charge >= 0.3 is 0 Å². The van der Waals surface area contributed by atoms with E-state index in [2.05, 4.69) is 14.9 Å². The van der Waals surface area contributed by atoms with E-state index < -0.39 is 0 Å². The molecule has 0 bridgehead atoms. The number of carbonyl (C=O) groups excluding carboxylic acids is 1. The average molecular weight is 386 g/mol. The molecule has 0 saturated carbocycles. The van der Waals surface area contributed by atoms with Gasteiger partial charge in [-0.25, -0.2) is 4.98 Å². The molecule has 3 N–H and O–H groups in total. The molecular weight excluding hydrogens is 356 g/mol. The van der Waals surface area contributed by atoms with E-state index in [1.165, 1.54) is 0 Å². The van der Waals surface area contributed by atoms with Crippen LogP contribution in [0.15, 0.2) is 24.3 Å². The standard InChI is InChI=1S/C21H30N4O3/c26-14-16-13-25(12-15(16)11-24-9-7-17(27)8-10-24)21(28)6-5-20-22-18-3-1-2-4-19(18)23-20/h1-4,15-17,26-27H,5-14H2,(H,22,23)/t15-,16-/m1/s1. The fourth-order valence-electron chi connectivity index (χ4n) is 4.50. The number of likely N-dealkylation sites (tertiary alicyclic amines) is 2. The Bertz CT molecular complexity index is 767. The Morgan fingerprint density at radius 2 is 1.93 bits per heavy atom. The van der Waals surface area contributed by atoms with Crippen molar-refractivity contribution in [2.45, 2.75) is 31.8 Å². The summed E-state index contributed by atoms with van der Waals surface area (Å²) in [5.74, 6) is 1.42. The number of rotatable bonds is 6. The zero-order valence-corrected chi connectivity index (χ0v) is 16.3. The van der Waals surface area contributed by atoms with Crippen LogP contribution in [-0.4, -0.2) is 81.3 Å². The molecule has 1 amide bonds. The Morgan fingerprint density at radius 3 is 2.68 bits per heavy atom. The maximum Gasteiger partial charge on any atom is 0.223 e. The second-order valence-corrected chi connectivity index (χ2v) is 8.23. The van der Waals surface area contributed by atoms with Crippen LogP contribution in [0.25, 0.3) is 11.0 Å². The molecule has 28 heavy (non-hydrogen) atoms. The second kappa shape index (κ2) is 8.59. The summed E-state index contributed by atoms with van der Waals surface area (Å²) in [7, 11) is 0. The van der Waals surface area contributed by atoms with Crippen LogP contribution in [0, 0.1) is 11.8 Å². The Hall–Kier alpha value is -1.96. The van der Waals surface area contributed by atoms with Crippen LogP contribution in [0.2, 0.25) is 0 Å². The highest BCUT2D eigenvalue weighted by molar-refractivity contribution is 5.77. The summed E-state index contributed by atoms with van der Waals surface area (Å²) < 4.78 is 0. The van der Waals surface area contributed by atoms with Gasteiger partial charge in [-0.15, -0.1) is 0 Å². The molecule has 2 aliphatic heterocycles. The molecule has 4 rings (SSSR count). The number of aryl methyl sites for hydroxylation is 1. The number of H-pyrrole nitrogens is 1. The Kier molecular flexibility index (Phi) is 5.94. The van der Waals surface area contributed by atoms with Crippen molar-refractivity contribution in [2.75, 3.05) is 39.3 Å². The van der Waals surface area contributed by atoms with Crippen molar-refractivity contribution in [3.05, 3.63) is 30.1 Å². The summed E-state index contributed by atoms with van der Waals surface area (Å²) in [6, 6.07) is 7.89. The third-order valence-corrected chi connectivity index (χ3v) is 6.23. The molecule has 0 spiro atoms. The van der Waals surface area contributed by atoms with Gasteiger partial charge in [0.2, 0.25) is 5.91 Å². The second-order valence-electron chi connectivity index (χ2n) is 8.23. The van der Waals surface area contributed by atoms with Crippen molar-refractivity contribution >= 4 is 16.9 Å². The number of hydrogen-bond donors (Lipinski definition) is 3. The molecule has 3 heterocycles. The minimum Gasteiger partial charge on any atom is -0.396 e. The lowest BCUT2D eigenvalue weighted by Crippen LogP contribution is -2.40. The van der Waals surface area contributed by atoms with Gasteiger partial charge in [-0.1, -0.05) is 12.1 Å². The number of para-hydroxylation sites is 2. The number of carbonyl (C=O) groups is 1. The van der Waals surface area contributed by atoms with Crippen molar-refractivity contribution < 1.29 is 15.0 Å². The van der Waals surface area contributed by atoms with Gasteiger partial charge in [0.25, 0.3) is 0 Å². The lowest BCUT2D eigenvalue weighted by molar-refractivity contribution is -0.130. The van der Waals surface area contributed by atoms with Crippen LogP contribution in [0.5, 0.6) is 0 Å². The van der Waals surface area contributed by atoms with Gasteiger partial charge in [-0.3, -0.25) is 4.79 Å². The largest absolute Gasteiger partial charge is 0.396 e. The number of amides is 1. The molecule has 2 aliphatic rings. The number of imidazole rings is 1. The lowest BCUT2D eigenvalue weighted by Gasteiger charge is -2.32. The summed E-state index contributed by atoms with van der Waals surface area (Å²) in [5, 5.41) is 19.5. The number of aliphatic hydroxyl groups excluding tert-OH is 2. The average Bonchev–Trinajstić information content (AvgIpc) is 3.31. The van der Waals surface area contributed by atoms with E-state index in [0.717, 1.165) is 49.3 Å². The van der Waals surface area contributed by atoms with E-state index in [9.17, 15) is 15.0 Å². The summed E-state index contributed by atoms with van der Waals surface area (Å²) in [6.07, 6.45) is 2.49. The van der Waals surface area contributed by atoms with Crippen molar-refractivity contribution in [3.63, 3.8) is 0 Å². The fraction of sp³-hybridized carbons (Fsp3) is 0.619. The topological polar surface area (TPSA) is 92.7 Å².